The fourth-order valence-corrected chi connectivity index (χ4v) is 2.48. The molecule has 0 heterocycles. The van der Waals surface area contributed by atoms with Crippen LogP contribution in [0.5, 0.6) is 5.75 Å². The third-order valence-electron chi connectivity index (χ3n) is 3.58. The Morgan fingerprint density at radius 1 is 1.21 bits per heavy atom. The van der Waals surface area contributed by atoms with Crippen molar-refractivity contribution in [3.8, 4) is 5.75 Å². The lowest BCUT2D eigenvalue weighted by Crippen LogP contribution is -2.32. The van der Waals surface area contributed by atoms with E-state index in [-0.39, 0.29) is 18.8 Å². The summed E-state index contributed by atoms with van der Waals surface area (Å²) in [5.41, 5.74) is -1.02. The van der Waals surface area contributed by atoms with Crippen molar-refractivity contribution in [2.45, 2.75) is 6.18 Å². The SMILES string of the molecule is COc1cccc(NC(=S)NCCNc2ccc(C(F)(F)F)cc2[N+](=O)[O-])c1. The predicted molar refractivity (Wildman–Crippen MR) is 104 cm³/mol. The van der Waals surface area contributed by atoms with Gasteiger partial charge in [0.1, 0.15) is 11.4 Å². The number of anilines is 2. The van der Waals surface area contributed by atoms with Crippen molar-refractivity contribution in [2.24, 2.45) is 0 Å². The van der Waals surface area contributed by atoms with Crippen LogP contribution in [-0.2, 0) is 6.18 Å². The first-order valence-corrected chi connectivity index (χ1v) is 8.40. The number of methoxy groups -OCH3 is 1. The topological polar surface area (TPSA) is 88.5 Å². The van der Waals surface area contributed by atoms with Gasteiger partial charge in [0.05, 0.1) is 17.6 Å². The molecule has 0 aromatic heterocycles. The monoisotopic (exact) mass is 414 g/mol. The van der Waals surface area contributed by atoms with Gasteiger partial charge in [0, 0.05) is 30.9 Å². The summed E-state index contributed by atoms with van der Waals surface area (Å²) in [6.45, 7) is 0.486. The number of nitro benzene ring substituents is 1. The first-order valence-electron chi connectivity index (χ1n) is 7.99. The van der Waals surface area contributed by atoms with Crippen molar-refractivity contribution < 1.29 is 22.8 Å². The number of hydrogen-bond donors (Lipinski definition) is 3. The molecule has 0 radical (unpaired) electrons. The summed E-state index contributed by atoms with van der Waals surface area (Å²) >= 11 is 5.15. The third-order valence-corrected chi connectivity index (χ3v) is 3.82. The number of alkyl halides is 3. The summed E-state index contributed by atoms with van der Waals surface area (Å²) in [4.78, 5) is 10.2. The minimum atomic E-state index is -4.65. The lowest BCUT2D eigenvalue weighted by atomic mass is 10.1. The van der Waals surface area contributed by atoms with Gasteiger partial charge >= 0.3 is 6.18 Å². The maximum Gasteiger partial charge on any atom is 0.416 e. The lowest BCUT2D eigenvalue weighted by molar-refractivity contribution is -0.384. The first-order chi connectivity index (χ1) is 13.2. The largest absolute Gasteiger partial charge is 0.497 e. The summed E-state index contributed by atoms with van der Waals surface area (Å²) in [6, 6.07) is 9.44. The number of rotatable bonds is 7. The van der Waals surface area contributed by atoms with Gasteiger partial charge in [-0.25, -0.2) is 0 Å². The highest BCUT2D eigenvalue weighted by molar-refractivity contribution is 7.80. The second-order valence-corrected chi connectivity index (χ2v) is 5.93. The highest BCUT2D eigenvalue weighted by Crippen LogP contribution is 2.34. The van der Waals surface area contributed by atoms with Gasteiger partial charge in [0.15, 0.2) is 5.11 Å². The maximum atomic E-state index is 12.7. The molecule has 150 valence electrons. The molecule has 0 fully saturated rings. The molecule has 0 aliphatic heterocycles. The number of nitrogens with one attached hydrogen (secondary N) is 3. The number of halogens is 3. The third kappa shape index (κ3) is 5.98. The molecule has 0 saturated heterocycles. The summed E-state index contributed by atoms with van der Waals surface area (Å²) in [6.07, 6.45) is -4.65. The first kappa shape index (κ1) is 21.2. The van der Waals surface area contributed by atoms with Gasteiger partial charge < -0.3 is 20.7 Å². The van der Waals surface area contributed by atoms with Crippen molar-refractivity contribution in [1.82, 2.24) is 5.32 Å². The average Bonchev–Trinajstić information content (AvgIpc) is 2.64. The van der Waals surface area contributed by atoms with Gasteiger partial charge in [-0.3, -0.25) is 10.1 Å². The highest BCUT2D eigenvalue weighted by Gasteiger charge is 2.32. The molecule has 2 aromatic rings. The molecule has 11 heteroatoms. The highest BCUT2D eigenvalue weighted by atomic mass is 32.1. The second kappa shape index (κ2) is 9.22. The molecule has 2 aromatic carbocycles. The Hall–Kier alpha value is -3.08. The standard InChI is InChI=1S/C17H17F3N4O3S/c1-27-13-4-2-3-12(10-13)23-16(28)22-8-7-21-14-6-5-11(17(18,19)20)9-15(14)24(25)26/h2-6,9-10,21H,7-8H2,1H3,(H2,22,23,28). The Labute approximate surface area is 164 Å². The van der Waals surface area contributed by atoms with E-state index in [1.807, 2.05) is 0 Å². The van der Waals surface area contributed by atoms with Gasteiger partial charge in [-0.15, -0.1) is 0 Å². The summed E-state index contributed by atoms with van der Waals surface area (Å²) in [5.74, 6) is 0.657. The zero-order valence-corrected chi connectivity index (χ0v) is 15.5. The van der Waals surface area contributed by atoms with Gasteiger partial charge in [-0.05, 0) is 36.5 Å². The Morgan fingerprint density at radius 3 is 2.61 bits per heavy atom. The van der Waals surface area contributed by atoms with E-state index in [1.165, 1.54) is 0 Å². The van der Waals surface area contributed by atoms with Gasteiger partial charge in [-0.1, -0.05) is 6.07 Å². The molecule has 0 saturated carbocycles. The number of ether oxygens (including phenoxy) is 1. The molecule has 0 aliphatic rings. The quantitative estimate of drug-likeness (QED) is 0.273. The van der Waals surface area contributed by atoms with Crippen LogP contribution >= 0.6 is 12.2 Å². The number of benzene rings is 2. The van der Waals surface area contributed by atoms with Crippen molar-refractivity contribution >= 4 is 34.4 Å². The Morgan fingerprint density at radius 2 is 1.96 bits per heavy atom. The van der Waals surface area contributed by atoms with E-state index < -0.39 is 22.4 Å². The Kier molecular flexibility index (Phi) is 6.99. The molecule has 0 unspecified atom stereocenters. The van der Waals surface area contributed by atoms with Crippen LogP contribution in [-0.4, -0.2) is 30.2 Å². The zero-order chi connectivity index (χ0) is 20.7. The van der Waals surface area contributed by atoms with Crippen LogP contribution in [0.2, 0.25) is 0 Å². The molecule has 0 amide bonds. The van der Waals surface area contributed by atoms with Crippen molar-refractivity contribution in [3.05, 3.63) is 58.1 Å². The molecule has 0 aliphatic carbocycles. The van der Waals surface area contributed by atoms with Crippen molar-refractivity contribution in [2.75, 3.05) is 30.8 Å². The minimum absolute atomic E-state index is 0.00790. The van der Waals surface area contributed by atoms with E-state index in [4.69, 9.17) is 17.0 Å². The van der Waals surface area contributed by atoms with Crippen LogP contribution in [0.15, 0.2) is 42.5 Å². The second-order valence-electron chi connectivity index (χ2n) is 5.53. The average molecular weight is 414 g/mol. The number of hydrogen-bond acceptors (Lipinski definition) is 5. The molecule has 7 nitrogen and oxygen atoms in total. The van der Waals surface area contributed by atoms with Crippen LogP contribution in [0.25, 0.3) is 0 Å². The van der Waals surface area contributed by atoms with E-state index in [0.717, 1.165) is 12.1 Å². The molecular weight excluding hydrogens is 397 g/mol. The van der Waals surface area contributed by atoms with Crippen LogP contribution in [0, 0.1) is 10.1 Å². The van der Waals surface area contributed by atoms with E-state index >= 15 is 0 Å². The van der Waals surface area contributed by atoms with Gasteiger partial charge in [-0.2, -0.15) is 13.2 Å². The summed E-state index contributed by atoms with van der Waals surface area (Å²) < 4.78 is 43.2. The fraction of sp³-hybridized carbons (Fsp3) is 0.235. The van der Waals surface area contributed by atoms with Crippen LogP contribution in [0.3, 0.4) is 0 Å². The molecule has 28 heavy (non-hydrogen) atoms. The fourth-order valence-electron chi connectivity index (χ4n) is 2.26. The van der Waals surface area contributed by atoms with Gasteiger partial charge in [0.2, 0.25) is 0 Å². The Balaban J connectivity index is 1.89. The van der Waals surface area contributed by atoms with Gasteiger partial charge in [0.25, 0.3) is 5.69 Å². The molecule has 2 rings (SSSR count). The van der Waals surface area contributed by atoms with Crippen molar-refractivity contribution in [1.29, 1.82) is 0 Å². The zero-order valence-electron chi connectivity index (χ0n) is 14.7. The molecule has 0 spiro atoms. The summed E-state index contributed by atoms with van der Waals surface area (Å²) in [7, 11) is 1.54. The molecular formula is C17H17F3N4O3S. The molecule has 0 bridgehead atoms. The normalized spacial score (nSPS) is 10.9. The number of nitro groups is 1. The maximum absolute atomic E-state index is 12.7. The molecule has 0 atom stereocenters. The molecule has 3 N–H and O–H groups in total. The smallest absolute Gasteiger partial charge is 0.416 e. The summed E-state index contributed by atoms with van der Waals surface area (Å²) in [5, 5.41) is 19.9. The van der Waals surface area contributed by atoms with E-state index in [0.29, 0.717) is 22.6 Å². The van der Waals surface area contributed by atoms with Crippen molar-refractivity contribution in [3.63, 3.8) is 0 Å². The van der Waals surface area contributed by atoms with Crippen LogP contribution in [0.1, 0.15) is 5.56 Å². The minimum Gasteiger partial charge on any atom is -0.497 e. The van der Waals surface area contributed by atoms with Crippen LogP contribution in [0.4, 0.5) is 30.2 Å². The number of thiocarbonyl (C=S) groups is 1. The number of nitrogens with zero attached hydrogens (tertiary/aromatic N) is 1. The van der Waals surface area contributed by atoms with Crippen LogP contribution < -0.4 is 20.7 Å². The van der Waals surface area contributed by atoms with E-state index in [9.17, 15) is 23.3 Å². The predicted octanol–water partition coefficient (Wildman–Crippen LogP) is 4.02. The van der Waals surface area contributed by atoms with E-state index in [2.05, 4.69) is 16.0 Å². The Bertz CT molecular complexity index is 862. The lowest BCUT2D eigenvalue weighted by Gasteiger charge is -2.13. The van der Waals surface area contributed by atoms with E-state index in [1.54, 1.807) is 31.4 Å².